The largest absolute Gasteiger partial charge is 0.391 e. The second-order valence-corrected chi connectivity index (χ2v) is 5.05. The Morgan fingerprint density at radius 1 is 1.30 bits per heavy atom. The number of aliphatic hydroxyl groups is 1. The molecule has 0 radical (unpaired) electrons. The maximum Gasteiger partial charge on any atom is 0.253 e. The standard InChI is InChI=1S/C15H25N3O2/c1-5-11(6-2)14(19)9-16-15(20)12-8-10(4)17-18-13(12)7-3/h8,11,14,19H,5-7,9H2,1-4H3,(H,16,20). The van der Waals surface area contributed by atoms with Crippen LogP contribution in [-0.4, -0.2) is 33.9 Å². The minimum Gasteiger partial charge on any atom is -0.391 e. The number of aryl methyl sites for hydroxylation is 2. The maximum absolute atomic E-state index is 12.2. The zero-order valence-electron chi connectivity index (χ0n) is 12.8. The molecule has 1 aromatic rings. The van der Waals surface area contributed by atoms with Crippen molar-refractivity contribution in [2.24, 2.45) is 5.92 Å². The first kappa shape index (κ1) is 16.6. The van der Waals surface area contributed by atoms with Crippen LogP contribution in [-0.2, 0) is 6.42 Å². The molecule has 0 aromatic carbocycles. The van der Waals surface area contributed by atoms with Gasteiger partial charge in [0.2, 0.25) is 0 Å². The van der Waals surface area contributed by atoms with Crippen molar-refractivity contribution in [2.45, 2.75) is 53.1 Å². The summed E-state index contributed by atoms with van der Waals surface area (Å²) in [5.41, 5.74) is 1.95. The number of hydrogen-bond acceptors (Lipinski definition) is 4. The Hall–Kier alpha value is -1.49. The quantitative estimate of drug-likeness (QED) is 0.799. The van der Waals surface area contributed by atoms with Crippen molar-refractivity contribution in [2.75, 3.05) is 6.54 Å². The Morgan fingerprint density at radius 3 is 2.50 bits per heavy atom. The van der Waals surface area contributed by atoms with Gasteiger partial charge in [0.05, 0.1) is 23.1 Å². The predicted octanol–water partition coefficient (Wildman–Crippen LogP) is 1.87. The van der Waals surface area contributed by atoms with Crippen molar-refractivity contribution in [3.63, 3.8) is 0 Å². The molecular formula is C15H25N3O2. The summed E-state index contributed by atoms with van der Waals surface area (Å²) in [6.45, 7) is 8.11. The SMILES string of the molecule is CCc1nnc(C)cc1C(=O)NCC(O)C(CC)CC. The summed E-state index contributed by atoms with van der Waals surface area (Å²) in [4.78, 5) is 12.2. The Morgan fingerprint density at radius 2 is 1.95 bits per heavy atom. The highest BCUT2D eigenvalue weighted by Crippen LogP contribution is 2.13. The highest BCUT2D eigenvalue weighted by atomic mass is 16.3. The van der Waals surface area contributed by atoms with Crippen LogP contribution in [0.4, 0.5) is 0 Å². The molecular weight excluding hydrogens is 254 g/mol. The number of carbonyl (C=O) groups is 1. The number of aliphatic hydroxyl groups excluding tert-OH is 1. The predicted molar refractivity (Wildman–Crippen MR) is 78.6 cm³/mol. The van der Waals surface area contributed by atoms with Gasteiger partial charge in [0, 0.05) is 6.54 Å². The molecule has 0 spiro atoms. The Kier molecular flexibility index (Phi) is 6.58. The zero-order valence-corrected chi connectivity index (χ0v) is 12.8. The molecule has 0 aliphatic rings. The van der Waals surface area contributed by atoms with Gasteiger partial charge in [0.25, 0.3) is 5.91 Å². The Balaban J connectivity index is 2.70. The first-order valence-corrected chi connectivity index (χ1v) is 7.32. The summed E-state index contributed by atoms with van der Waals surface area (Å²) in [7, 11) is 0. The van der Waals surface area contributed by atoms with Crippen LogP contribution >= 0.6 is 0 Å². The molecule has 0 aliphatic carbocycles. The number of amides is 1. The van der Waals surface area contributed by atoms with Crippen LogP contribution < -0.4 is 5.32 Å². The fraction of sp³-hybridized carbons (Fsp3) is 0.667. The van der Waals surface area contributed by atoms with Crippen LogP contribution in [0, 0.1) is 12.8 Å². The molecule has 0 saturated carbocycles. The smallest absolute Gasteiger partial charge is 0.253 e. The second kappa shape index (κ2) is 7.94. The molecule has 0 bridgehead atoms. The van der Waals surface area contributed by atoms with E-state index in [1.807, 2.05) is 27.7 Å². The lowest BCUT2D eigenvalue weighted by Crippen LogP contribution is -2.36. The lowest BCUT2D eigenvalue weighted by atomic mass is 9.96. The monoisotopic (exact) mass is 279 g/mol. The van der Waals surface area contributed by atoms with E-state index in [0.717, 1.165) is 12.8 Å². The van der Waals surface area contributed by atoms with Crippen molar-refractivity contribution in [3.05, 3.63) is 23.0 Å². The fourth-order valence-electron chi connectivity index (χ4n) is 2.26. The number of aromatic nitrogens is 2. The lowest BCUT2D eigenvalue weighted by Gasteiger charge is -2.20. The van der Waals surface area contributed by atoms with Crippen molar-refractivity contribution in [1.29, 1.82) is 0 Å². The van der Waals surface area contributed by atoms with Gasteiger partial charge in [-0.05, 0) is 25.3 Å². The van der Waals surface area contributed by atoms with E-state index < -0.39 is 6.10 Å². The first-order chi connectivity index (χ1) is 9.53. The molecule has 1 amide bonds. The van der Waals surface area contributed by atoms with E-state index >= 15 is 0 Å². The first-order valence-electron chi connectivity index (χ1n) is 7.32. The van der Waals surface area contributed by atoms with E-state index in [0.29, 0.717) is 23.4 Å². The van der Waals surface area contributed by atoms with Crippen molar-refractivity contribution < 1.29 is 9.90 Å². The molecule has 0 saturated heterocycles. The summed E-state index contributed by atoms with van der Waals surface area (Å²) in [5, 5.41) is 20.8. The number of nitrogens with one attached hydrogen (secondary N) is 1. The van der Waals surface area contributed by atoms with Crippen LogP contribution in [0.15, 0.2) is 6.07 Å². The van der Waals surface area contributed by atoms with Crippen LogP contribution in [0.25, 0.3) is 0 Å². The van der Waals surface area contributed by atoms with Gasteiger partial charge in [0.1, 0.15) is 0 Å². The van der Waals surface area contributed by atoms with Crippen LogP contribution in [0.5, 0.6) is 0 Å². The highest BCUT2D eigenvalue weighted by Gasteiger charge is 2.18. The molecule has 0 aliphatic heterocycles. The van der Waals surface area contributed by atoms with E-state index in [9.17, 15) is 9.90 Å². The van der Waals surface area contributed by atoms with E-state index in [1.54, 1.807) is 6.07 Å². The minimum atomic E-state index is -0.505. The number of hydrogen-bond donors (Lipinski definition) is 2. The van der Waals surface area contributed by atoms with E-state index in [1.165, 1.54) is 0 Å². The molecule has 5 nitrogen and oxygen atoms in total. The molecule has 112 valence electrons. The molecule has 5 heteroatoms. The number of nitrogens with zero attached hydrogens (tertiary/aromatic N) is 2. The van der Waals surface area contributed by atoms with Crippen molar-refractivity contribution >= 4 is 5.91 Å². The summed E-state index contributed by atoms with van der Waals surface area (Å²) < 4.78 is 0. The highest BCUT2D eigenvalue weighted by molar-refractivity contribution is 5.95. The average Bonchev–Trinajstić information content (AvgIpc) is 2.46. The van der Waals surface area contributed by atoms with Crippen molar-refractivity contribution in [3.8, 4) is 0 Å². The fourth-order valence-corrected chi connectivity index (χ4v) is 2.26. The van der Waals surface area contributed by atoms with Gasteiger partial charge < -0.3 is 10.4 Å². The molecule has 1 rings (SSSR count). The van der Waals surface area contributed by atoms with E-state index in [4.69, 9.17) is 0 Å². The van der Waals surface area contributed by atoms with Gasteiger partial charge in [0.15, 0.2) is 0 Å². The van der Waals surface area contributed by atoms with Gasteiger partial charge in [-0.1, -0.05) is 33.6 Å². The lowest BCUT2D eigenvalue weighted by molar-refractivity contribution is 0.0815. The minimum absolute atomic E-state index is 0.190. The van der Waals surface area contributed by atoms with Gasteiger partial charge in [-0.3, -0.25) is 4.79 Å². The van der Waals surface area contributed by atoms with Crippen LogP contribution in [0.3, 0.4) is 0 Å². The summed E-state index contributed by atoms with van der Waals surface area (Å²) >= 11 is 0. The van der Waals surface area contributed by atoms with Gasteiger partial charge in [-0.15, -0.1) is 0 Å². The third kappa shape index (κ3) is 4.27. The molecule has 0 fully saturated rings. The summed E-state index contributed by atoms with van der Waals surface area (Å²) in [5.74, 6) is 0.0307. The van der Waals surface area contributed by atoms with Gasteiger partial charge in [-0.2, -0.15) is 10.2 Å². The third-order valence-corrected chi connectivity index (χ3v) is 3.64. The number of carbonyl (C=O) groups excluding carboxylic acids is 1. The zero-order chi connectivity index (χ0) is 15.1. The Bertz CT molecular complexity index is 445. The normalized spacial score (nSPS) is 12.5. The third-order valence-electron chi connectivity index (χ3n) is 3.64. The van der Waals surface area contributed by atoms with E-state index in [2.05, 4.69) is 15.5 Å². The van der Waals surface area contributed by atoms with Crippen molar-refractivity contribution in [1.82, 2.24) is 15.5 Å². The maximum atomic E-state index is 12.2. The molecule has 1 unspecified atom stereocenters. The van der Waals surface area contributed by atoms with Gasteiger partial charge in [-0.25, -0.2) is 0 Å². The molecule has 20 heavy (non-hydrogen) atoms. The Labute approximate surface area is 120 Å². The van der Waals surface area contributed by atoms with Gasteiger partial charge >= 0.3 is 0 Å². The topological polar surface area (TPSA) is 75.1 Å². The number of rotatable bonds is 7. The van der Waals surface area contributed by atoms with E-state index in [-0.39, 0.29) is 18.4 Å². The molecule has 1 aromatic heterocycles. The van der Waals surface area contributed by atoms with Crippen LogP contribution in [0.2, 0.25) is 0 Å². The molecule has 1 heterocycles. The van der Waals surface area contributed by atoms with Crippen LogP contribution in [0.1, 0.15) is 55.4 Å². The summed E-state index contributed by atoms with van der Waals surface area (Å²) in [6.07, 6.45) is 1.97. The molecule has 1 atom stereocenters. The molecule has 2 N–H and O–H groups in total. The average molecular weight is 279 g/mol. The second-order valence-electron chi connectivity index (χ2n) is 5.05. The summed E-state index contributed by atoms with van der Waals surface area (Å²) in [6, 6.07) is 1.74.